The molecule has 5 nitrogen and oxygen atoms in total. The molecule has 0 radical (unpaired) electrons. The van der Waals surface area contributed by atoms with E-state index in [-0.39, 0.29) is 6.61 Å². The second kappa shape index (κ2) is 3.27. The maximum Gasteiger partial charge on any atom is 0.141 e. The Bertz CT molecular complexity index is 224. The van der Waals surface area contributed by atoms with Crippen molar-refractivity contribution < 1.29 is 10.2 Å². The summed E-state index contributed by atoms with van der Waals surface area (Å²) in [5.74, 6) is 0.291. The third-order valence-electron chi connectivity index (χ3n) is 1.21. The summed E-state index contributed by atoms with van der Waals surface area (Å²) in [4.78, 5) is 7.44. The van der Waals surface area contributed by atoms with Gasteiger partial charge in [0.15, 0.2) is 0 Å². The van der Waals surface area contributed by atoms with E-state index in [1.807, 2.05) is 0 Å². The van der Waals surface area contributed by atoms with Crippen molar-refractivity contribution in [1.82, 2.24) is 9.97 Å². The summed E-state index contributed by atoms with van der Waals surface area (Å²) in [6.07, 6.45) is 1.69. The van der Waals surface area contributed by atoms with E-state index < -0.39 is 6.10 Å². The number of nitrogens with zero attached hydrogens (tertiary/aromatic N) is 2. The van der Waals surface area contributed by atoms with Gasteiger partial charge in [-0.2, -0.15) is 0 Å². The second-order valence-electron chi connectivity index (χ2n) is 2.06. The van der Waals surface area contributed by atoms with E-state index in [2.05, 4.69) is 9.97 Å². The first-order valence-electron chi connectivity index (χ1n) is 3.10. The zero-order chi connectivity index (χ0) is 8.27. The summed E-state index contributed by atoms with van der Waals surface area (Å²) in [5.41, 5.74) is 5.57. The van der Waals surface area contributed by atoms with Crippen molar-refractivity contribution >= 4 is 5.82 Å². The molecule has 0 aromatic carbocycles. The van der Waals surface area contributed by atoms with E-state index >= 15 is 0 Å². The molecule has 0 amide bonds. The molecule has 0 fully saturated rings. The van der Waals surface area contributed by atoms with E-state index in [0.717, 1.165) is 0 Å². The molecule has 4 N–H and O–H groups in total. The van der Waals surface area contributed by atoms with E-state index in [1.54, 1.807) is 0 Å². The molecule has 0 saturated carbocycles. The first-order valence-corrected chi connectivity index (χ1v) is 3.10. The molecule has 5 heteroatoms. The summed E-state index contributed by atoms with van der Waals surface area (Å²) in [7, 11) is 0. The van der Waals surface area contributed by atoms with Crippen LogP contribution in [0.3, 0.4) is 0 Å². The van der Waals surface area contributed by atoms with Gasteiger partial charge < -0.3 is 15.9 Å². The highest BCUT2D eigenvalue weighted by Gasteiger charge is 2.06. The molecule has 0 saturated heterocycles. The number of aliphatic hydroxyl groups is 2. The molecule has 1 atom stereocenters. The maximum atomic E-state index is 9.03. The minimum Gasteiger partial charge on any atom is -0.393 e. The van der Waals surface area contributed by atoms with Crippen molar-refractivity contribution in [2.75, 3.05) is 12.3 Å². The monoisotopic (exact) mass is 155 g/mol. The van der Waals surface area contributed by atoms with Gasteiger partial charge in [-0.05, 0) is 0 Å². The fraction of sp³-hybridized carbons (Fsp3) is 0.333. The molecule has 60 valence electrons. The van der Waals surface area contributed by atoms with Gasteiger partial charge in [0.25, 0.3) is 0 Å². The minimum absolute atomic E-state index is 0.291. The summed E-state index contributed by atoms with van der Waals surface area (Å²) in [6, 6.07) is 0. The van der Waals surface area contributed by atoms with Gasteiger partial charge in [0, 0.05) is 0 Å². The molecule has 0 aliphatic carbocycles. The Kier molecular flexibility index (Phi) is 2.35. The lowest BCUT2D eigenvalue weighted by Crippen LogP contribution is -2.06. The van der Waals surface area contributed by atoms with Gasteiger partial charge in [0.05, 0.1) is 24.7 Å². The maximum absolute atomic E-state index is 9.03. The number of hydrogen-bond acceptors (Lipinski definition) is 5. The number of anilines is 1. The lowest BCUT2D eigenvalue weighted by Gasteiger charge is -2.04. The third kappa shape index (κ3) is 1.86. The molecule has 1 rings (SSSR count). The van der Waals surface area contributed by atoms with Gasteiger partial charge in [-0.15, -0.1) is 0 Å². The molecule has 11 heavy (non-hydrogen) atoms. The summed E-state index contributed by atoms with van der Waals surface area (Å²) >= 11 is 0. The number of hydrogen-bond donors (Lipinski definition) is 3. The highest BCUT2D eigenvalue weighted by atomic mass is 16.3. The first kappa shape index (κ1) is 7.90. The average molecular weight is 155 g/mol. The Morgan fingerprint density at radius 2 is 2.18 bits per heavy atom. The van der Waals surface area contributed by atoms with Crippen molar-refractivity contribution in [3.63, 3.8) is 0 Å². The predicted octanol–water partition coefficient (Wildman–Crippen LogP) is -0.916. The minimum atomic E-state index is -0.969. The average Bonchev–Trinajstić information content (AvgIpc) is 2.05. The molecule has 1 aromatic heterocycles. The Balaban J connectivity index is 2.81. The number of nitrogen functional groups attached to an aromatic ring is 1. The van der Waals surface area contributed by atoms with Crippen LogP contribution < -0.4 is 5.73 Å². The van der Waals surface area contributed by atoms with Crippen LogP contribution in [-0.2, 0) is 0 Å². The van der Waals surface area contributed by atoms with E-state index in [0.29, 0.717) is 11.5 Å². The van der Waals surface area contributed by atoms with Gasteiger partial charge in [-0.25, -0.2) is 4.98 Å². The Labute approximate surface area is 63.5 Å². The molecular formula is C6H9N3O2. The number of nitrogens with two attached hydrogens (primary N) is 1. The second-order valence-corrected chi connectivity index (χ2v) is 2.06. The molecule has 0 unspecified atom stereocenters. The molecule has 0 bridgehead atoms. The zero-order valence-corrected chi connectivity index (χ0v) is 5.81. The van der Waals surface area contributed by atoms with Crippen LogP contribution in [0.2, 0.25) is 0 Å². The Morgan fingerprint density at radius 1 is 1.45 bits per heavy atom. The highest BCUT2D eigenvalue weighted by molar-refractivity contribution is 5.23. The molecule has 1 heterocycles. The van der Waals surface area contributed by atoms with Crippen LogP contribution in [0.4, 0.5) is 5.82 Å². The van der Waals surface area contributed by atoms with E-state index in [4.69, 9.17) is 15.9 Å². The number of aliphatic hydroxyl groups excluding tert-OH is 2. The fourth-order valence-corrected chi connectivity index (χ4v) is 0.614. The summed E-state index contributed by atoms with van der Waals surface area (Å²) in [5, 5.41) is 17.5. The zero-order valence-electron chi connectivity index (χ0n) is 5.81. The van der Waals surface area contributed by atoms with Crippen molar-refractivity contribution in [3.8, 4) is 0 Å². The fourth-order valence-electron chi connectivity index (χ4n) is 0.614. The Hall–Kier alpha value is -1.20. The van der Waals surface area contributed by atoms with Crippen LogP contribution in [0.15, 0.2) is 12.4 Å². The molecule has 0 spiro atoms. The van der Waals surface area contributed by atoms with Crippen LogP contribution in [0.25, 0.3) is 0 Å². The van der Waals surface area contributed by atoms with Gasteiger partial charge in [0.1, 0.15) is 11.9 Å². The smallest absolute Gasteiger partial charge is 0.141 e. The topological polar surface area (TPSA) is 92.3 Å². The van der Waals surface area contributed by atoms with Gasteiger partial charge in [-0.1, -0.05) is 0 Å². The van der Waals surface area contributed by atoms with Crippen molar-refractivity contribution in [3.05, 3.63) is 18.1 Å². The van der Waals surface area contributed by atoms with E-state index in [9.17, 15) is 0 Å². The molecular weight excluding hydrogens is 146 g/mol. The van der Waals surface area contributed by atoms with E-state index in [1.165, 1.54) is 12.4 Å². The summed E-state index contributed by atoms with van der Waals surface area (Å²) < 4.78 is 0. The van der Waals surface area contributed by atoms with Crippen LogP contribution in [0, 0.1) is 0 Å². The third-order valence-corrected chi connectivity index (χ3v) is 1.21. The quantitative estimate of drug-likeness (QED) is 0.514. The molecule has 1 aromatic rings. The SMILES string of the molecule is Nc1cnc([C@H](O)CO)cn1. The van der Waals surface area contributed by atoms with Gasteiger partial charge >= 0.3 is 0 Å². The standard InChI is InChI=1S/C6H9N3O2/c7-6-2-8-4(1-9-6)5(11)3-10/h1-2,5,10-11H,3H2,(H2,7,9)/t5-/m1/s1. The van der Waals surface area contributed by atoms with Crippen molar-refractivity contribution in [2.45, 2.75) is 6.10 Å². The lowest BCUT2D eigenvalue weighted by molar-refractivity contribution is 0.0920. The lowest BCUT2D eigenvalue weighted by atomic mass is 10.3. The molecule has 0 aliphatic rings. The molecule has 0 aliphatic heterocycles. The normalized spacial score (nSPS) is 12.9. The largest absolute Gasteiger partial charge is 0.393 e. The highest BCUT2D eigenvalue weighted by Crippen LogP contribution is 2.06. The number of aromatic nitrogens is 2. The first-order chi connectivity index (χ1) is 5.24. The van der Waals surface area contributed by atoms with Crippen LogP contribution >= 0.6 is 0 Å². The Morgan fingerprint density at radius 3 is 2.64 bits per heavy atom. The van der Waals surface area contributed by atoms with Crippen molar-refractivity contribution in [2.24, 2.45) is 0 Å². The van der Waals surface area contributed by atoms with Crippen LogP contribution in [-0.4, -0.2) is 26.8 Å². The van der Waals surface area contributed by atoms with Gasteiger partial charge in [-0.3, -0.25) is 4.98 Å². The predicted molar refractivity (Wildman–Crippen MR) is 38.5 cm³/mol. The summed E-state index contributed by atoms with van der Waals surface area (Å²) in [6.45, 7) is -0.363. The van der Waals surface area contributed by atoms with Crippen LogP contribution in [0.1, 0.15) is 11.8 Å². The van der Waals surface area contributed by atoms with Gasteiger partial charge in [0.2, 0.25) is 0 Å². The van der Waals surface area contributed by atoms with Crippen molar-refractivity contribution in [1.29, 1.82) is 0 Å². The number of rotatable bonds is 2. The van der Waals surface area contributed by atoms with Crippen LogP contribution in [0.5, 0.6) is 0 Å².